The molecule has 0 spiro atoms. The van der Waals surface area contributed by atoms with Crippen LogP contribution in [-0.2, 0) is 33.2 Å². The van der Waals surface area contributed by atoms with Gasteiger partial charge in [-0.15, -0.1) is 0 Å². The van der Waals surface area contributed by atoms with Gasteiger partial charge in [0.1, 0.15) is 54.9 Å². The third kappa shape index (κ3) is 9.88. The summed E-state index contributed by atoms with van der Waals surface area (Å²) in [5.74, 6) is -3.27. The number of aromatic carboxylic acids is 1. The van der Waals surface area contributed by atoms with Gasteiger partial charge in [0.2, 0.25) is 0 Å². The first-order valence-electron chi connectivity index (χ1n) is 18.0. The molecule has 1 unspecified atom stereocenters. The van der Waals surface area contributed by atoms with Crippen LogP contribution >= 0.6 is 0 Å². The van der Waals surface area contributed by atoms with Crippen molar-refractivity contribution in [3.05, 3.63) is 35.4 Å². The van der Waals surface area contributed by atoms with Crippen LogP contribution in [0.4, 0.5) is 0 Å². The topological polar surface area (TPSA) is 280 Å². The third-order valence-electron chi connectivity index (χ3n) is 10.4. The monoisotopic (exact) mass is 757 g/mol. The average molecular weight is 758 g/mol. The number of aliphatic carboxylic acids is 1. The van der Waals surface area contributed by atoms with Gasteiger partial charge in [-0.25, -0.2) is 9.59 Å². The molecule has 4 fully saturated rings. The molecule has 1 amide bonds. The van der Waals surface area contributed by atoms with Gasteiger partial charge in [0.25, 0.3) is 5.91 Å². The van der Waals surface area contributed by atoms with E-state index in [0.717, 1.165) is 32.1 Å². The Kier molecular flexibility index (Phi) is 14.5. The molecule has 0 aromatic heterocycles. The lowest BCUT2D eigenvalue weighted by molar-refractivity contribution is -0.355. The summed E-state index contributed by atoms with van der Waals surface area (Å²) in [6.07, 6.45) is -15.3. The van der Waals surface area contributed by atoms with Crippen molar-refractivity contribution in [1.29, 1.82) is 0 Å². The van der Waals surface area contributed by atoms with Crippen LogP contribution in [0.5, 0.6) is 0 Å². The molecule has 0 bridgehead atoms. The van der Waals surface area contributed by atoms with Gasteiger partial charge in [0.15, 0.2) is 18.7 Å². The number of hydrogen-bond donors (Lipinski definition) is 9. The van der Waals surface area contributed by atoms with Gasteiger partial charge >= 0.3 is 11.9 Å². The second-order valence-electron chi connectivity index (χ2n) is 14.1. The van der Waals surface area contributed by atoms with Crippen molar-refractivity contribution in [3.8, 4) is 0 Å². The Morgan fingerprint density at radius 1 is 0.811 bits per heavy atom. The van der Waals surface area contributed by atoms with E-state index in [1.54, 1.807) is 0 Å². The Morgan fingerprint density at radius 2 is 1.49 bits per heavy atom. The fraction of sp³-hybridized carbons (Fsp3) is 0.743. The minimum atomic E-state index is -1.77. The first-order chi connectivity index (χ1) is 25.3. The smallest absolute Gasteiger partial charge is 0.336 e. The van der Waals surface area contributed by atoms with E-state index in [9.17, 15) is 55.2 Å². The number of carboxylic acids is 2. The third-order valence-corrected chi connectivity index (χ3v) is 10.4. The molecule has 5 rings (SSSR count). The van der Waals surface area contributed by atoms with Gasteiger partial charge in [-0.2, -0.15) is 0 Å². The Labute approximate surface area is 305 Å². The normalized spacial score (nSPS) is 37.5. The Morgan fingerprint density at radius 3 is 2.15 bits per heavy atom. The van der Waals surface area contributed by atoms with E-state index >= 15 is 0 Å². The summed E-state index contributed by atoms with van der Waals surface area (Å²) < 4.78 is 35.5. The number of aliphatic hydroxyl groups is 6. The number of hydrogen-bond acceptors (Lipinski definition) is 15. The van der Waals surface area contributed by atoms with Crippen molar-refractivity contribution < 1.29 is 83.7 Å². The highest BCUT2D eigenvalue weighted by Crippen LogP contribution is 2.34. The molecule has 3 aliphatic heterocycles. The van der Waals surface area contributed by atoms with Crippen LogP contribution in [0.3, 0.4) is 0 Å². The van der Waals surface area contributed by atoms with Crippen LogP contribution in [0.25, 0.3) is 0 Å². The second-order valence-corrected chi connectivity index (χ2v) is 14.1. The predicted molar refractivity (Wildman–Crippen MR) is 177 cm³/mol. The molecule has 18 nitrogen and oxygen atoms in total. The molecule has 1 aliphatic carbocycles. The molecule has 1 aromatic carbocycles. The highest BCUT2D eigenvalue weighted by atomic mass is 16.7. The van der Waals surface area contributed by atoms with E-state index in [2.05, 4.69) is 5.32 Å². The fourth-order valence-electron chi connectivity index (χ4n) is 7.40. The van der Waals surface area contributed by atoms with Gasteiger partial charge in [0, 0.05) is 13.2 Å². The highest BCUT2D eigenvalue weighted by molar-refractivity contribution is 6.04. The van der Waals surface area contributed by atoms with Crippen LogP contribution in [0, 0.1) is 5.92 Å². The van der Waals surface area contributed by atoms with E-state index in [4.69, 9.17) is 28.4 Å². The summed E-state index contributed by atoms with van der Waals surface area (Å²) in [6, 6.07) is 5.56. The maximum absolute atomic E-state index is 13.1. The van der Waals surface area contributed by atoms with Crippen molar-refractivity contribution in [1.82, 2.24) is 5.32 Å². The summed E-state index contributed by atoms with van der Waals surface area (Å²) in [5.41, 5.74) is -0.367. The zero-order valence-electron chi connectivity index (χ0n) is 29.3. The number of carboxylic acid groups (broad SMARTS) is 2. The lowest BCUT2D eigenvalue weighted by atomic mass is 9.85. The number of aliphatic hydroxyl groups excluding tert-OH is 6. The Bertz CT molecular complexity index is 1380. The SMILES string of the molecule is C[C@H]1O[C@H](O[C@H]2C(CNC(=O)c3ccccc3C(=O)O)OCC[C@@H]2O[C@H]2O[C@@H](CO)[C@@H](O)[C@H](O[C@@H](CC3CCCCC3)C(=O)O)[C@H]2O)[C@@H](O)[C@H](O)[C@H]1O. The standard InChI is InChI=1S/C35H51NO17/c1-16-24(38)26(40)27(41)34(49-16)53-29-20(11-12-48-22(29)14-36-31(43)18-9-5-6-10-19(18)32(44)45)51-35-28(42)30(25(39)23(15-37)52-35)50-21(33(46)47)13-17-7-3-2-4-8-17/h5-6,9-10,16-17,20-30,34-35,37-42H,2-4,7-8,11-15H2,1H3,(H,36,43)(H,44,45)(H,46,47)/t16-,20+,21+,22?,23+,24+,25-,26-,27+,28-,29-,30+,34-,35+/m1/s1. The molecular formula is C35H51NO17. The van der Waals surface area contributed by atoms with Crippen molar-refractivity contribution in [2.24, 2.45) is 5.92 Å². The van der Waals surface area contributed by atoms with Crippen LogP contribution in [-0.4, -0.2) is 164 Å². The Balaban J connectivity index is 1.36. The van der Waals surface area contributed by atoms with Crippen molar-refractivity contribution >= 4 is 17.8 Å². The van der Waals surface area contributed by atoms with E-state index < -0.39 is 110 Å². The average Bonchev–Trinajstić information content (AvgIpc) is 3.15. The van der Waals surface area contributed by atoms with Gasteiger partial charge in [-0.05, 0) is 37.8 Å². The van der Waals surface area contributed by atoms with Crippen LogP contribution in [0.2, 0.25) is 0 Å². The zero-order valence-corrected chi connectivity index (χ0v) is 29.3. The predicted octanol–water partition coefficient (Wildman–Crippen LogP) is -1.25. The summed E-state index contributed by atoms with van der Waals surface area (Å²) in [6.45, 7) is 0.415. The van der Waals surface area contributed by atoms with E-state index in [-0.39, 0.29) is 43.0 Å². The second kappa shape index (κ2) is 18.7. The highest BCUT2D eigenvalue weighted by Gasteiger charge is 2.51. The minimum absolute atomic E-state index is 0.000129. The molecule has 9 N–H and O–H groups in total. The molecule has 298 valence electrons. The molecule has 4 aliphatic rings. The molecule has 1 aromatic rings. The van der Waals surface area contributed by atoms with E-state index in [1.165, 1.54) is 31.2 Å². The molecular weight excluding hydrogens is 706 g/mol. The number of carbonyl (C=O) groups excluding carboxylic acids is 1. The molecule has 14 atom stereocenters. The summed E-state index contributed by atoms with van der Waals surface area (Å²) >= 11 is 0. The maximum atomic E-state index is 13.1. The minimum Gasteiger partial charge on any atom is -0.479 e. The molecule has 53 heavy (non-hydrogen) atoms. The van der Waals surface area contributed by atoms with Gasteiger partial charge in [0.05, 0.1) is 29.9 Å². The van der Waals surface area contributed by atoms with Crippen molar-refractivity contribution in [3.63, 3.8) is 0 Å². The number of carbonyl (C=O) groups is 3. The molecule has 3 saturated heterocycles. The number of amides is 1. The fourth-order valence-corrected chi connectivity index (χ4v) is 7.40. The van der Waals surface area contributed by atoms with Crippen LogP contribution < -0.4 is 5.32 Å². The summed E-state index contributed by atoms with van der Waals surface area (Å²) in [7, 11) is 0. The van der Waals surface area contributed by atoms with E-state index in [1.807, 2.05) is 0 Å². The Hall–Kier alpha value is -2.85. The van der Waals surface area contributed by atoms with Crippen LogP contribution in [0.1, 0.15) is 72.6 Å². The first kappa shape index (κ1) is 41.3. The summed E-state index contributed by atoms with van der Waals surface area (Å²) in [4.78, 5) is 37.1. The van der Waals surface area contributed by atoms with Crippen LogP contribution in [0.15, 0.2) is 24.3 Å². The summed E-state index contributed by atoms with van der Waals surface area (Å²) in [5, 5.41) is 86.2. The molecule has 0 radical (unpaired) electrons. The number of ether oxygens (including phenoxy) is 6. The quantitative estimate of drug-likeness (QED) is 0.107. The van der Waals surface area contributed by atoms with Crippen molar-refractivity contribution in [2.75, 3.05) is 19.8 Å². The molecule has 1 saturated carbocycles. The van der Waals surface area contributed by atoms with Gasteiger partial charge in [-0.1, -0.05) is 44.2 Å². The molecule has 3 heterocycles. The number of benzene rings is 1. The lowest BCUT2D eigenvalue weighted by Gasteiger charge is -2.47. The first-order valence-corrected chi connectivity index (χ1v) is 18.0. The van der Waals surface area contributed by atoms with Crippen molar-refractivity contribution in [2.45, 2.75) is 138 Å². The van der Waals surface area contributed by atoms with Gasteiger partial charge < -0.3 is 74.6 Å². The number of nitrogens with one attached hydrogen (secondary N) is 1. The van der Waals surface area contributed by atoms with E-state index in [0.29, 0.717) is 0 Å². The zero-order chi connectivity index (χ0) is 38.4. The number of rotatable bonds is 14. The van der Waals surface area contributed by atoms with Gasteiger partial charge in [-0.3, -0.25) is 4.79 Å². The largest absolute Gasteiger partial charge is 0.479 e. The molecule has 18 heteroatoms. The maximum Gasteiger partial charge on any atom is 0.336 e. The lowest BCUT2D eigenvalue weighted by Crippen LogP contribution is -2.64.